The Morgan fingerprint density at radius 3 is 1.43 bits per heavy atom. The first-order chi connectivity index (χ1) is 46.3. The van der Waals surface area contributed by atoms with Gasteiger partial charge in [0.15, 0.2) is 11.6 Å². The number of carbonyl (C=O) groups is 2. The van der Waals surface area contributed by atoms with Crippen LogP contribution in [0, 0.1) is 0 Å². The fourth-order valence-corrected chi connectivity index (χ4v) is 34.8. The van der Waals surface area contributed by atoms with Crippen molar-refractivity contribution in [1.29, 1.82) is 0 Å². The number of benzene rings is 4. The molecule has 2 fully saturated rings. The Labute approximate surface area is 586 Å². The van der Waals surface area contributed by atoms with Gasteiger partial charge >= 0.3 is 135 Å². The average Bonchev–Trinajstić information content (AvgIpc) is 1.54. The van der Waals surface area contributed by atoms with E-state index in [0.29, 0.717) is 0 Å². The number of nitrogens with zero attached hydrogens (tertiary/aromatic N) is 6. The Morgan fingerprint density at radius 1 is 0.552 bits per heavy atom. The summed E-state index contributed by atoms with van der Waals surface area (Å²) in [5.41, 5.74) is 11.0. The van der Waals surface area contributed by atoms with Gasteiger partial charge in [-0.2, -0.15) is 0 Å². The predicted octanol–water partition coefficient (Wildman–Crippen LogP) is 21.4. The monoisotopic (exact) mass is 1490 g/mol. The second-order valence-electron chi connectivity index (χ2n) is 27.8. The van der Waals surface area contributed by atoms with E-state index in [1.807, 2.05) is 93.0 Å². The van der Waals surface area contributed by atoms with Crippen LogP contribution in [0.4, 0.5) is 32.6 Å². The topological polar surface area (TPSA) is 162 Å². The van der Waals surface area contributed by atoms with Crippen LogP contribution in [0.2, 0.25) is 13.3 Å². The summed E-state index contributed by atoms with van der Waals surface area (Å²) in [5, 5.41) is 17.7. The second kappa shape index (κ2) is 29.2. The van der Waals surface area contributed by atoms with Crippen molar-refractivity contribution in [2.75, 3.05) is 10.6 Å². The van der Waals surface area contributed by atoms with Gasteiger partial charge in [-0.25, -0.2) is 29.5 Å². The first-order valence-electron chi connectivity index (χ1n) is 34.2. The van der Waals surface area contributed by atoms with Crippen molar-refractivity contribution in [3.63, 3.8) is 0 Å². The predicted molar refractivity (Wildman–Crippen MR) is 401 cm³/mol. The Morgan fingerprint density at radius 2 is 1.00 bits per heavy atom. The van der Waals surface area contributed by atoms with E-state index in [1.54, 1.807) is 37.0 Å². The minimum absolute atomic E-state index is 0.377. The quantitative estimate of drug-likeness (QED) is 0.0646. The number of anilines is 4. The Hall–Kier alpha value is -7.58. The first-order valence-corrected chi connectivity index (χ1v) is 44.2. The number of halogens is 1. The summed E-state index contributed by atoms with van der Waals surface area (Å²) in [6.07, 6.45) is 17.1. The number of nitrogens with one attached hydrogen (secondary N) is 4. The van der Waals surface area contributed by atoms with Gasteiger partial charge < -0.3 is 30.7 Å². The van der Waals surface area contributed by atoms with E-state index in [-0.39, 0.29) is 12.2 Å². The number of aromatic nitrogens is 6. The van der Waals surface area contributed by atoms with Gasteiger partial charge in [-0.15, -0.1) is 11.3 Å². The summed E-state index contributed by atoms with van der Waals surface area (Å²) in [7, 11) is 0. The maximum absolute atomic E-state index is 12.7. The molecular formula is C78H89BrN10O4S2Sn. The van der Waals surface area contributed by atoms with Crippen LogP contribution in [0.3, 0.4) is 0 Å². The first kappa shape index (κ1) is 68.4. The number of rotatable bonds is 17. The molecule has 0 bridgehead atoms. The molecule has 498 valence electrons. The summed E-state index contributed by atoms with van der Waals surface area (Å²) in [4.78, 5) is 45.9. The Balaban J connectivity index is 0.000000148. The number of para-hydroxylation sites is 2. The molecule has 4 aliphatic rings. The van der Waals surface area contributed by atoms with Crippen LogP contribution in [0.1, 0.15) is 150 Å². The molecule has 14 rings (SSSR count). The molecule has 2 aliphatic heterocycles. The van der Waals surface area contributed by atoms with Crippen molar-refractivity contribution in [3.8, 4) is 67.2 Å². The molecule has 0 atom stereocenters. The Bertz CT molecular complexity index is 4290. The maximum atomic E-state index is 12.7. The molecule has 10 aromatic rings. The van der Waals surface area contributed by atoms with Gasteiger partial charge in [0.2, 0.25) is 0 Å². The number of unbranched alkanes of at least 4 members (excludes halogenated alkanes) is 3. The molecule has 6 aromatic heterocycles. The van der Waals surface area contributed by atoms with E-state index >= 15 is 0 Å². The number of alkyl carbamates (subject to hydrolysis) is 2. The molecule has 0 saturated heterocycles. The molecule has 4 aromatic carbocycles. The number of imidazole rings is 2. The molecule has 2 aliphatic carbocycles. The van der Waals surface area contributed by atoms with Crippen LogP contribution in [0.5, 0.6) is 0 Å². The van der Waals surface area contributed by atoms with Crippen LogP contribution in [-0.2, 0) is 20.6 Å². The standard InChI is InChI=1S/C33H31N5O2S.C29H28BrN5O2.C4H3S.3C4H9.Sn/c1-32(2,3)40-31(39)37-33(17-8-18-33)22-15-13-21(14-16-22)28-27(26-12-7-20-41-26)36-30-23-9-4-5-10-24(23)35-29-25(38(28)30)11-6-19-34-29;1-28(2,3)37-27(36)34-29(15-7-16-29)19-13-11-18(12-14-19)23-24(30)33-26-20-8-4-5-9-21(20)32-25-22(35(23)26)10-6-17-31-25;1-2-4-5-3-1;3*1-3-4-2;/h4-7,9-16,19-20H,8,17-18H2,1-3H3,(H,34,35)(H,37,39);4-6,8-14,17H,7,15-16H2,1-3H3,(H,31,32)(H,34,36);1-3H;3*1,3-4H2,2H3;. The molecular weight excluding hydrogens is 1400 g/mol. The summed E-state index contributed by atoms with van der Waals surface area (Å²) in [6.45, 7) is 18.3. The zero-order valence-electron chi connectivity index (χ0n) is 56.8. The van der Waals surface area contributed by atoms with Gasteiger partial charge in [0.1, 0.15) is 33.1 Å². The van der Waals surface area contributed by atoms with Crippen molar-refractivity contribution in [3.05, 3.63) is 184 Å². The van der Waals surface area contributed by atoms with Crippen LogP contribution in [0.15, 0.2) is 173 Å². The molecule has 8 heterocycles. The van der Waals surface area contributed by atoms with Crippen LogP contribution < -0.4 is 24.2 Å². The summed E-state index contributed by atoms with van der Waals surface area (Å²) < 4.78 is 22.9. The number of hydrogen-bond donors (Lipinski definition) is 4. The van der Waals surface area contributed by atoms with E-state index in [0.717, 1.165) is 145 Å². The van der Waals surface area contributed by atoms with E-state index in [2.05, 4.69) is 191 Å². The number of amides is 2. The number of hydrogen-bond acceptors (Lipinski definition) is 12. The number of carbonyl (C=O) groups excluding carboxylic acids is 2. The molecule has 0 spiro atoms. The summed E-state index contributed by atoms with van der Waals surface area (Å²) in [6, 6.07) is 50.3. The minimum atomic E-state index is -2.01. The number of fused-ring (bicyclic) bond motifs is 10. The van der Waals surface area contributed by atoms with Crippen LogP contribution in [-0.4, -0.2) is 70.8 Å². The van der Waals surface area contributed by atoms with E-state index in [1.165, 1.54) is 38.5 Å². The normalized spacial score (nSPS) is 14.5. The summed E-state index contributed by atoms with van der Waals surface area (Å²) >= 11 is 5.48. The van der Waals surface area contributed by atoms with Crippen LogP contribution >= 0.6 is 38.6 Å². The molecule has 2 saturated carbocycles. The van der Waals surface area contributed by atoms with Crippen molar-refractivity contribution in [2.45, 2.75) is 175 Å². The third kappa shape index (κ3) is 14.7. The SMILES string of the molecule is CC(C)(C)OC(=O)NC1(c2ccc(-c3c(-c4cccs4)nc4n3-c3cccnc3Nc3ccccc3-4)cc2)CCC1.CC(C)(C)OC(=O)NC1(c2ccc(-c3c(Br)nc4n3-c3cccnc3Nc3ccccc3-4)cc2)CCC1.CCC[CH2][Sn]([CH2]CCC)([CH2]CCC)[c]1cccs1. The van der Waals surface area contributed by atoms with Crippen molar-refractivity contribution in [2.24, 2.45) is 0 Å². The van der Waals surface area contributed by atoms with Gasteiger partial charge in [0, 0.05) is 34.6 Å². The molecule has 96 heavy (non-hydrogen) atoms. The van der Waals surface area contributed by atoms with Gasteiger partial charge in [-0.1, -0.05) is 78.9 Å². The van der Waals surface area contributed by atoms with Crippen molar-refractivity contribution >= 4 is 95.1 Å². The zero-order valence-corrected chi connectivity index (χ0v) is 62.9. The molecule has 14 nitrogen and oxygen atoms in total. The van der Waals surface area contributed by atoms with E-state index < -0.39 is 40.7 Å². The third-order valence-corrected chi connectivity index (χ3v) is 39.5. The summed E-state index contributed by atoms with van der Waals surface area (Å²) in [5.74, 6) is 3.25. The zero-order chi connectivity index (χ0) is 67.2. The number of pyridine rings is 2. The fourth-order valence-electron chi connectivity index (χ4n) is 13.7. The molecule has 18 heteroatoms. The Kier molecular flexibility index (Phi) is 20.8. The number of ether oxygens (including phenoxy) is 2. The molecule has 2 amide bonds. The van der Waals surface area contributed by atoms with Crippen molar-refractivity contribution in [1.82, 2.24) is 39.7 Å². The molecule has 0 radical (unpaired) electrons. The number of thiophene rings is 2. The molecule has 4 N–H and O–H groups in total. The van der Waals surface area contributed by atoms with E-state index in [4.69, 9.17) is 24.4 Å². The molecule has 0 unspecified atom stereocenters. The van der Waals surface area contributed by atoms with Gasteiger partial charge in [0.25, 0.3) is 0 Å². The van der Waals surface area contributed by atoms with Crippen molar-refractivity contribution < 1.29 is 19.1 Å². The van der Waals surface area contributed by atoms with Gasteiger partial charge in [-0.3, -0.25) is 9.13 Å². The van der Waals surface area contributed by atoms with Crippen LogP contribution in [0.25, 0.3) is 67.2 Å². The van der Waals surface area contributed by atoms with E-state index in [9.17, 15) is 9.59 Å². The third-order valence-electron chi connectivity index (χ3n) is 18.8. The fraction of sp³-hybridized carbons (Fsp3) is 0.359. The second-order valence-corrected chi connectivity index (χ2v) is 44.6. The average molecular weight is 1490 g/mol. The van der Waals surface area contributed by atoms with Gasteiger partial charge in [0.05, 0.1) is 50.1 Å². The van der Waals surface area contributed by atoms with Gasteiger partial charge in [-0.05, 0) is 167 Å².